The number of carbonyl (C=O) groups is 1. The van der Waals surface area contributed by atoms with E-state index in [0.29, 0.717) is 24.3 Å². The maximum absolute atomic E-state index is 12.5. The predicted molar refractivity (Wildman–Crippen MR) is 105 cm³/mol. The third-order valence-electron chi connectivity index (χ3n) is 4.34. The minimum Gasteiger partial charge on any atom is -0.339 e. The number of aromatic nitrogens is 2. The van der Waals surface area contributed by atoms with E-state index >= 15 is 0 Å². The molecule has 0 radical (unpaired) electrons. The number of nitrogens with one attached hydrogen (secondary N) is 1. The normalized spacial score (nSPS) is 10.6. The summed E-state index contributed by atoms with van der Waals surface area (Å²) < 4.78 is 1.12. The summed E-state index contributed by atoms with van der Waals surface area (Å²) in [7, 11) is 0. The second-order valence-corrected chi connectivity index (χ2v) is 5.98. The van der Waals surface area contributed by atoms with Crippen LogP contribution in [-0.4, -0.2) is 38.2 Å². The molecular formula is C19H19N5O4. The van der Waals surface area contributed by atoms with Crippen molar-refractivity contribution in [1.82, 2.24) is 14.3 Å². The van der Waals surface area contributed by atoms with Crippen LogP contribution >= 0.6 is 0 Å². The molecule has 2 aromatic heterocycles. The molecule has 3 rings (SSSR count). The van der Waals surface area contributed by atoms with E-state index in [4.69, 9.17) is 0 Å². The number of amides is 1. The second kappa shape index (κ2) is 7.87. The van der Waals surface area contributed by atoms with Crippen molar-refractivity contribution >= 4 is 28.7 Å². The van der Waals surface area contributed by atoms with Crippen molar-refractivity contribution < 1.29 is 9.72 Å². The standard InChI is InChI=1S/C19H19N5O4/c1-3-22(4-2)18(25)13-8-10-14(11-9-13)20-17-16(24(27)28)19(26)23-12-6-5-7-15(23)21-17/h5-12,20H,3-4H2,1-2H3. The summed E-state index contributed by atoms with van der Waals surface area (Å²) in [5, 5.41) is 14.2. The van der Waals surface area contributed by atoms with Gasteiger partial charge in [0.15, 0.2) is 0 Å². The van der Waals surface area contributed by atoms with Crippen LogP contribution in [0.3, 0.4) is 0 Å². The van der Waals surface area contributed by atoms with E-state index in [2.05, 4.69) is 10.3 Å². The van der Waals surface area contributed by atoms with Crippen molar-refractivity contribution in [3.05, 3.63) is 74.7 Å². The maximum atomic E-state index is 12.5. The Morgan fingerprint density at radius 2 is 1.86 bits per heavy atom. The third-order valence-corrected chi connectivity index (χ3v) is 4.34. The summed E-state index contributed by atoms with van der Waals surface area (Å²) in [5.74, 6) is -0.242. The van der Waals surface area contributed by atoms with E-state index < -0.39 is 16.2 Å². The molecule has 1 amide bonds. The maximum Gasteiger partial charge on any atom is 0.376 e. The molecule has 0 saturated carbocycles. The summed E-state index contributed by atoms with van der Waals surface area (Å²) in [6.45, 7) is 5.01. The number of hydrogen-bond acceptors (Lipinski definition) is 6. The molecule has 1 aromatic carbocycles. The van der Waals surface area contributed by atoms with Crippen LogP contribution in [-0.2, 0) is 0 Å². The molecule has 0 aliphatic rings. The van der Waals surface area contributed by atoms with Gasteiger partial charge in [0.2, 0.25) is 5.82 Å². The van der Waals surface area contributed by atoms with Gasteiger partial charge in [-0.2, -0.15) is 0 Å². The van der Waals surface area contributed by atoms with Gasteiger partial charge in [0.05, 0.1) is 4.92 Å². The molecule has 3 aromatic rings. The Morgan fingerprint density at radius 1 is 1.18 bits per heavy atom. The first-order chi connectivity index (χ1) is 13.5. The second-order valence-electron chi connectivity index (χ2n) is 5.98. The zero-order valence-corrected chi connectivity index (χ0v) is 15.5. The number of anilines is 2. The lowest BCUT2D eigenvalue weighted by Crippen LogP contribution is -2.30. The lowest BCUT2D eigenvalue weighted by molar-refractivity contribution is -0.385. The molecule has 0 aliphatic heterocycles. The Kier molecular flexibility index (Phi) is 5.35. The summed E-state index contributed by atoms with van der Waals surface area (Å²) in [4.78, 5) is 41.4. The number of nitro groups is 1. The molecule has 144 valence electrons. The molecule has 9 nitrogen and oxygen atoms in total. The van der Waals surface area contributed by atoms with Gasteiger partial charge in [0.1, 0.15) is 5.65 Å². The Labute approximate surface area is 160 Å². The number of pyridine rings is 1. The Balaban J connectivity index is 1.97. The first kappa shape index (κ1) is 19.0. The van der Waals surface area contributed by atoms with Gasteiger partial charge in [-0.3, -0.25) is 24.1 Å². The van der Waals surface area contributed by atoms with Gasteiger partial charge in [-0.15, -0.1) is 0 Å². The molecule has 0 saturated heterocycles. The van der Waals surface area contributed by atoms with E-state index in [-0.39, 0.29) is 17.4 Å². The van der Waals surface area contributed by atoms with Gasteiger partial charge in [0, 0.05) is 30.5 Å². The van der Waals surface area contributed by atoms with Crippen LogP contribution in [0.1, 0.15) is 24.2 Å². The van der Waals surface area contributed by atoms with Crippen LogP contribution in [0.15, 0.2) is 53.5 Å². The summed E-state index contributed by atoms with van der Waals surface area (Å²) in [6, 6.07) is 11.4. The molecule has 0 aliphatic carbocycles. The number of nitrogens with zero attached hydrogens (tertiary/aromatic N) is 4. The van der Waals surface area contributed by atoms with E-state index in [1.807, 2.05) is 13.8 Å². The molecule has 9 heteroatoms. The SMILES string of the molecule is CCN(CC)C(=O)c1ccc(Nc2nc3ccccn3c(=O)c2[N+](=O)[O-])cc1. The predicted octanol–water partition coefficient (Wildman–Crippen LogP) is 2.83. The fourth-order valence-electron chi connectivity index (χ4n) is 2.86. The van der Waals surface area contributed by atoms with Crippen LogP contribution in [0.4, 0.5) is 17.2 Å². The zero-order valence-electron chi connectivity index (χ0n) is 15.5. The molecular weight excluding hydrogens is 362 g/mol. The van der Waals surface area contributed by atoms with Crippen molar-refractivity contribution in [2.75, 3.05) is 18.4 Å². The van der Waals surface area contributed by atoms with E-state index in [9.17, 15) is 19.7 Å². The average molecular weight is 381 g/mol. The van der Waals surface area contributed by atoms with Crippen LogP contribution in [0.5, 0.6) is 0 Å². The van der Waals surface area contributed by atoms with Crippen molar-refractivity contribution in [2.45, 2.75) is 13.8 Å². The lowest BCUT2D eigenvalue weighted by atomic mass is 10.1. The van der Waals surface area contributed by atoms with Gasteiger partial charge in [0.25, 0.3) is 5.91 Å². The number of fused-ring (bicyclic) bond motifs is 1. The molecule has 0 atom stereocenters. The highest BCUT2D eigenvalue weighted by atomic mass is 16.6. The number of carbonyl (C=O) groups excluding carboxylic acids is 1. The van der Waals surface area contributed by atoms with Gasteiger partial charge in [-0.05, 0) is 50.2 Å². The largest absolute Gasteiger partial charge is 0.376 e. The Morgan fingerprint density at radius 3 is 2.46 bits per heavy atom. The van der Waals surface area contributed by atoms with Crippen molar-refractivity contribution in [1.29, 1.82) is 0 Å². The smallest absolute Gasteiger partial charge is 0.339 e. The van der Waals surface area contributed by atoms with Crippen LogP contribution in [0.2, 0.25) is 0 Å². The van der Waals surface area contributed by atoms with Crippen molar-refractivity contribution in [3.8, 4) is 0 Å². The fourth-order valence-corrected chi connectivity index (χ4v) is 2.86. The first-order valence-corrected chi connectivity index (χ1v) is 8.78. The zero-order chi connectivity index (χ0) is 20.3. The minimum absolute atomic E-state index is 0.0930. The highest BCUT2D eigenvalue weighted by Gasteiger charge is 2.23. The van der Waals surface area contributed by atoms with Crippen molar-refractivity contribution in [3.63, 3.8) is 0 Å². The van der Waals surface area contributed by atoms with Crippen LogP contribution in [0.25, 0.3) is 5.65 Å². The van der Waals surface area contributed by atoms with Gasteiger partial charge < -0.3 is 10.2 Å². The monoisotopic (exact) mass is 381 g/mol. The van der Waals surface area contributed by atoms with E-state index in [0.717, 1.165) is 4.40 Å². The topological polar surface area (TPSA) is 110 Å². The van der Waals surface area contributed by atoms with Crippen LogP contribution < -0.4 is 10.9 Å². The highest BCUT2D eigenvalue weighted by molar-refractivity contribution is 5.94. The number of rotatable bonds is 6. The minimum atomic E-state index is -0.772. The van der Waals surface area contributed by atoms with Gasteiger partial charge in [-0.1, -0.05) is 6.07 Å². The Hall–Kier alpha value is -3.75. The third kappa shape index (κ3) is 3.54. The fraction of sp³-hybridized carbons (Fsp3) is 0.211. The molecule has 2 heterocycles. The molecule has 0 unspecified atom stereocenters. The highest BCUT2D eigenvalue weighted by Crippen LogP contribution is 2.23. The first-order valence-electron chi connectivity index (χ1n) is 8.78. The molecule has 1 N–H and O–H groups in total. The summed E-state index contributed by atoms with van der Waals surface area (Å²) in [6.07, 6.45) is 1.43. The molecule has 0 spiro atoms. The van der Waals surface area contributed by atoms with Gasteiger partial charge in [-0.25, -0.2) is 4.98 Å². The molecule has 0 fully saturated rings. The Bertz CT molecular complexity index is 1090. The van der Waals surface area contributed by atoms with Gasteiger partial charge >= 0.3 is 11.2 Å². The summed E-state index contributed by atoms with van der Waals surface area (Å²) >= 11 is 0. The lowest BCUT2D eigenvalue weighted by Gasteiger charge is -2.18. The molecule has 0 bridgehead atoms. The quantitative estimate of drug-likeness (QED) is 0.519. The molecule has 28 heavy (non-hydrogen) atoms. The van der Waals surface area contributed by atoms with E-state index in [1.54, 1.807) is 47.4 Å². The van der Waals surface area contributed by atoms with Crippen LogP contribution in [0, 0.1) is 10.1 Å². The summed E-state index contributed by atoms with van der Waals surface area (Å²) in [5.41, 5.74) is -0.144. The van der Waals surface area contributed by atoms with E-state index in [1.165, 1.54) is 6.20 Å². The number of benzene rings is 1. The van der Waals surface area contributed by atoms with Crippen molar-refractivity contribution in [2.24, 2.45) is 0 Å². The number of hydrogen-bond donors (Lipinski definition) is 1. The average Bonchev–Trinajstić information content (AvgIpc) is 2.69.